The van der Waals surface area contributed by atoms with E-state index in [0.717, 1.165) is 88.2 Å². The number of benzene rings is 5. The second-order valence-electron chi connectivity index (χ2n) is 10.2. The van der Waals surface area contributed by atoms with Gasteiger partial charge in [-0.15, -0.1) is 0 Å². The number of pyridine rings is 2. The quantitative estimate of drug-likeness (QED) is 0.216. The Morgan fingerprint density at radius 3 is 1.30 bits per heavy atom. The minimum Gasteiger partial charge on any atom is -0.455 e. The van der Waals surface area contributed by atoms with Crippen LogP contribution in [-0.2, 0) is 0 Å². The van der Waals surface area contributed by atoms with Gasteiger partial charge in [0.15, 0.2) is 0 Å². The van der Waals surface area contributed by atoms with Gasteiger partial charge in [0.2, 0.25) is 0 Å². The highest BCUT2D eigenvalue weighted by molar-refractivity contribution is 6.11. The first-order valence-corrected chi connectivity index (χ1v) is 13.3. The molecule has 0 spiro atoms. The average molecular weight is 513 g/mol. The van der Waals surface area contributed by atoms with Gasteiger partial charge in [-0.3, -0.25) is 0 Å². The Bertz CT molecular complexity index is 2280. The summed E-state index contributed by atoms with van der Waals surface area (Å²) in [6.45, 7) is 0. The van der Waals surface area contributed by atoms with Gasteiger partial charge < -0.3 is 8.83 Å². The second-order valence-corrected chi connectivity index (χ2v) is 10.2. The zero-order chi connectivity index (χ0) is 26.2. The summed E-state index contributed by atoms with van der Waals surface area (Å²) in [6, 6.07) is 41.4. The van der Waals surface area contributed by atoms with Gasteiger partial charge >= 0.3 is 0 Å². The smallest absolute Gasteiger partial charge is 0.144 e. The fourth-order valence-electron chi connectivity index (χ4n) is 5.97. The van der Waals surface area contributed by atoms with E-state index in [2.05, 4.69) is 84.9 Å². The molecular weight excluding hydrogens is 492 g/mol. The lowest BCUT2D eigenvalue weighted by Crippen LogP contribution is -1.91. The lowest BCUT2D eigenvalue weighted by Gasteiger charge is -2.09. The maximum atomic E-state index is 6.31. The second kappa shape index (κ2) is 8.01. The third kappa shape index (κ3) is 3.01. The number of hydrogen-bond donors (Lipinski definition) is 0. The van der Waals surface area contributed by atoms with Crippen molar-refractivity contribution >= 4 is 65.7 Å². The summed E-state index contributed by atoms with van der Waals surface area (Å²) in [6.07, 6.45) is 0. The fourth-order valence-corrected chi connectivity index (χ4v) is 5.97. The van der Waals surface area contributed by atoms with Gasteiger partial charge in [0.05, 0.1) is 22.4 Å². The number of hydrogen-bond acceptors (Lipinski definition) is 4. The van der Waals surface area contributed by atoms with E-state index >= 15 is 0 Å². The molecule has 40 heavy (non-hydrogen) atoms. The van der Waals surface area contributed by atoms with Crippen molar-refractivity contribution in [3.63, 3.8) is 0 Å². The van der Waals surface area contributed by atoms with Crippen LogP contribution in [0.4, 0.5) is 0 Å². The molecule has 0 aliphatic heterocycles. The molecule has 186 valence electrons. The van der Waals surface area contributed by atoms with Crippen molar-refractivity contribution in [1.29, 1.82) is 0 Å². The van der Waals surface area contributed by atoms with Crippen molar-refractivity contribution in [2.24, 2.45) is 0 Å². The molecule has 5 aromatic carbocycles. The van der Waals surface area contributed by atoms with E-state index < -0.39 is 0 Å². The minimum atomic E-state index is 0.848. The maximum Gasteiger partial charge on any atom is 0.144 e. The molecule has 9 rings (SSSR count). The molecule has 0 unspecified atom stereocenters. The Hall–Kier alpha value is -5.48. The first kappa shape index (κ1) is 21.5. The zero-order valence-electron chi connectivity index (χ0n) is 21.3. The Balaban J connectivity index is 1.28. The number of aromatic nitrogens is 2. The largest absolute Gasteiger partial charge is 0.455 e. The molecule has 0 saturated heterocycles. The molecular formula is C36H20N2O2. The molecule has 0 fully saturated rings. The van der Waals surface area contributed by atoms with E-state index in [-0.39, 0.29) is 0 Å². The molecule has 0 aliphatic rings. The Labute approximate surface area is 228 Å². The number of furan rings is 2. The minimum absolute atomic E-state index is 0.848. The average Bonchev–Trinajstić information content (AvgIpc) is 3.59. The molecule has 0 aliphatic carbocycles. The summed E-state index contributed by atoms with van der Waals surface area (Å²) in [5.74, 6) is 0. The van der Waals surface area contributed by atoms with E-state index in [1.807, 2.05) is 36.4 Å². The van der Waals surface area contributed by atoms with Gasteiger partial charge in [-0.25, -0.2) is 9.97 Å². The van der Waals surface area contributed by atoms with Gasteiger partial charge in [0, 0.05) is 43.4 Å². The number of fused-ring (bicyclic) bond motifs is 9. The summed E-state index contributed by atoms with van der Waals surface area (Å²) in [7, 11) is 0. The fraction of sp³-hybridized carbons (Fsp3) is 0. The van der Waals surface area contributed by atoms with Crippen LogP contribution in [0.2, 0.25) is 0 Å². The molecule has 0 amide bonds. The van der Waals surface area contributed by atoms with E-state index in [4.69, 9.17) is 18.8 Å². The van der Waals surface area contributed by atoms with Crippen LogP contribution in [-0.4, -0.2) is 9.97 Å². The van der Waals surface area contributed by atoms with Gasteiger partial charge in [0.25, 0.3) is 0 Å². The predicted octanol–water partition coefficient (Wildman–Crippen LogP) is 9.92. The van der Waals surface area contributed by atoms with Crippen LogP contribution in [0.3, 0.4) is 0 Å². The van der Waals surface area contributed by atoms with E-state index in [9.17, 15) is 0 Å². The SMILES string of the molecule is c1ccc2c(c1)oc1c(-c3ccc4ccc5ccc(-c6cccc7c6oc6ccccc67)nc5c4n3)cccc12. The van der Waals surface area contributed by atoms with Gasteiger partial charge in [0.1, 0.15) is 22.3 Å². The highest BCUT2D eigenvalue weighted by atomic mass is 16.3. The maximum absolute atomic E-state index is 6.31. The molecule has 0 N–H and O–H groups in total. The lowest BCUT2D eigenvalue weighted by atomic mass is 10.0. The standard InChI is InChI=1S/C36H20N2O2/c1-3-13-31-23(7-1)25-9-5-11-27(35(25)39-31)29-19-17-21-15-16-22-18-20-30(38-34(22)33(21)37-29)28-12-6-10-26-24-8-2-4-14-32(24)40-36(26)28/h1-20H. The van der Waals surface area contributed by atoms with Crippen LogP contribution >= 0.6 is 0 Å². The van der Waals surface area contributed by atoms with Crippen LogP contribution in [0, 0.1) is 0 Å². The van der Waals surface area contributed by atoms with E-state index in [1.54, 1.807) is 0 Å². The normalized spacial score (nSPS) is 12.0. The highest BCUT2D eigenvalue weighted by Crippen LogP contribution is 2.38. The van der Waals surface area contributed by atoms with Crippen molar-refractivity contribution in [1.82, 2.24) is 9.97 Å². The summed E-state index contributed by atoms with van der Waals surface area (Å²) in [5.41, 5.74) is 8.83. The Kier molecular flexibility index (Phi) is 4.30. The summed E-state index contributed by atoms with van der Waals surface area (Å²) in [4.78, 5) is 10.4. The molecule has 4 heteroatoms. The van der Waals surface area contributed by atoms with Gasteiger partial charge in [-0.05, 0) is 36.4 Å². The molecule has 0 radical (unpaired) electrons. The van der Waals surface area contributed by atoms with E-state index in [0.29, 0.717) is 0 Å². The van der Waals surface area contributed by atoms with Crippen LogP contribution in [0.15, 0.2) is 130 Å². The van der Waals surface area contributed by atoms with Crippen LogP contribution in [0.25, 0.3) is 88.2 Å². The molecule has 9 aromatic rings. The van der Waals surface area contributed by atoms with E-state index in [1.165, 1.54) is 0 Å². The Morgan fingerprint density at radius 2 is 0.800 bits per heavy atom. The number of rotatable bonds is 2. The third-order valence-electron chi connectivity index (χ3n) is 7.88. The number of nitrogens with zero attached hydrogens (tertiary/aromatic N) is 2. The predicted molar refractivity (Wildman–Crippen MR) is 162 cm³/mol. The first-order valence-electron chi connectivity index (χ1n) is 13.3. The van der Waals surface area contributed by atoms with Gasteiger partial charge in [-0.1, -0.05) is 84.9 Å². The summed E-state index contributed by atoms with van der Waals surface area (Å²) >= 11 is 0. The molecule has 0 atom stereocenters. The van der Waals surface area contributed by atoms with Crippen LogP contribution in [0.1, 0.15) is 0 Å². The summed E-state index contributed by atoms with van der Waals surface area (Å²) < 4.78 is 12.6. The zero-order valence-corrected chi connectivity index (χ0v) is 21.3. The van der Waals surface area contributed by atoms with Crippen molar-refractivity contribution in [2.45, 2.75) is 0 Å². The van der Waals surface area contributed by atoms with Crippen molar-refractivity contribution in [3.8, 4) is 22.5 Å². The number of para-hydroxylation sites is 4. The lowest BCUT2D eigenvalue weighted by molar-refractivity contribution is 0.669. The van der Waals surface area contributed by atoms with Crippen molar-refractivity contribution in [2.75, 3.05) is 0 Å². The van der Waals surface area contributed by atoms with Crippen LogP contribution < -0.4 is 0 Å². The first-order chi connectivity index (χ1) is 19.8. The topological polar surface area (TPSA) is 52.1 Å². The highest BCUT2D eigenvalue weighted by Gasteiger charge is 2.16. The molecule has 0 bridgehead atoms. The van der Waals surface area contributed by atoms with Gasteiger partial charge in [-0.2, -0.15) is 0 Å². The summed E-state index contributed by atoms with van der Waals surface area (Å²) in [5, 5.41) is 6.48. The third-order valence-corrected chi connectivity index (χ3v) is 7.88. The van der Waals surface area contributed by atoms with Crippen LogP contribution in [0.5, 0.6) is 0 Å². The van der Waals surface area contributed by atoms with Crippen molar-refractivity contribution < 1.29 is 8.83 Å². The molecule has 4 aromatic heterocycles. The Morgan fingerprint density at radius 1 is 0.375 bits per heavy atom. The van der Waals surface area contributed by atoms with Crippen molar-refractivity contribution in [3.05, 3.63) is 121 Å². The monoisotopic (exact) mass is 512 g/mol. The molecule has 4 nitrogen and oxygen atoms in total. The molecule has 4 heterocycles. The molecule has 0 saturated carbocycles.